The van der Waals surface area contributed by atoms with Gasteiger partial charge in [0.15, 0.2) is 0 Å². The van der Waals surface area contributed by atoms with Gasteiger partial charge >= 0.3 is 6.18 Å². The van der Waals surface area contributed by atoms with Crippen molar-refractivity contribution in [2.45, 2.75) is 20.0 Å². The first kappa shape index (κ1) is 28.2. The number of nitrogens with zero attached hydrogens (tertiary/aromatic N) is 5. The predicted octanol–water partition coefficient (Wildman–Crippen LogP) is 6.29. The molecule has 0 atom stereocenters. The Balaban J connectivity index is 0.00000370. The van der Waals surface area contributed by atoms with E-state index in [1.54, 1.807) is 62.9 Å². The van der Waals surface area contributed by atoms with Crippen molar-refractivity contribution < 1.29 is 18.0 Å². The van der Waals surface area contributed by atoms with Gasteiger partial charge in [-0.2, -0.15) is 13.2 Å². The van der Waals surface area contributed by atoms with E-state index in [1.165, 1.54) is 17.0 Å². The number of nitrogens with two attached hydrogens (primary N) is 1. The third kappa shape index (κ3) is 5.79. The molecule has 8 nitrogen and oxygen atoms in total. The molecular formula is C28H23ClF3N7O. The smallest absolute Gasteiger partial charge is 0.366 e. The molecule has 5 rings (SSSR count). The van der Waals surface area contributed by atoms with Crippen LogP contribution < -0.4 is 11.1 Å². The molecule has 12 heteroatoms. The zero-order chi connectivity index (χ0) is 27.7. The summed E-state index contributed by atoms with van der Waals surface area (Å²) in [7, 11) is 0. The van der Waals surface area contributed by atoms with E-state index in [2.05, 4.69) is 25.3 Å². The number of amides is 1. The lowest BCUT2D eigenvalue weighted by Gasteiger charge is -2.19. The van der Waals surface area contributed by atoms with Crippen LogP contribution in [-0.2, 0) is 6.18 Å². The average Bonchev–Trinajstić information content (AvgIpc) is 3.36. The van der Waals surface area contributed by atoms with E-state index in [-0.39, 0.29) is 40.7 Å². The largest absolute Gasteiger partial charge is 0.416 e. The van der Waals surface area contributed by atoms with Crippen LogP contribution in [-0.4, -0.2) is 30.4 Å². The first-order valence-corrected chi connectivity index (χ1v) is 11.8. The van der Waals surface area contributed by atoms with E-state index in [4.69, 9.17) is 5.73 Å². The van der Waals surface area contributed by atoms with Crippen molar-refractivity contribution in [2.24, 2.45) is 5.73 Å². The number of alkyl halides is 3. The van der Waals surface area contributed by atoms with Crippen molar-refractivity contribution >= 4 is 29.9 Å². The van der Waals surface area contributed by atoms with Crippen LogP contribution in [0.15, 0.2) is 79.6 Å². The Morgan fingerprint density at radius 3 is 2.45 bits per heavy atom. The molecule has 0 saturated heterocycles. The fourth-order valence-corrected chi connectivity index (χ4v) is 4.21. The maximum atomic E-state index is 14.0. The number of primary amides is 1. The number of pyridine rings is 1. The van der Waals surface area contributed by atoms with Gasteiger partial charge in [-0.15, -0.1) is 12.4 Å². The Morgan fingerprint density at radius 1 is 1.00 bits per heavy atom. The summed E-state index contributed by atoms with van der Waals surface area (Å²) in [4.78, 5) is 29.6. The number of imidazole rings is 1. The Kier molecular flexibility index (Phi) is 7.87. The lowest BCUT2D eigenvalue weighted by atomic mass is 9.92. The molecule has 5 aromatic rings. The highest BCUT2D eigenvalue weighted by Gasteiger charge is 2.32. The highest BCUT2D eigenvalue weighted by molar-refractivity contribution is 6.04. The molecular weight excluding hydrogens is 543 g/mol. The summed E-state index contributed by atoms with van der Waals surface area (Å²) in [6, 6.07) is 12.0. The Labute approximate surface area is 233 Å². The van der Waals surface area contributed by atoms with Crippen LogP contribution in [0.4, 0.5) is 24.8 Å². The normalized spacial score (nSPS) is 11.1. The van der Waals surface area contributed by atoms with Crippen LogP contribution in [0.3, 0.4) is 0 Å². The molecule has 0 aliphatic heterocycles. The summed E-state index contributed by atoms with van der Waals surface area (Å²) in [5.41, 5.74) is 8.36. The lowest BCUT2D eigenvalue weighted by Crippen LogP contribution is -2.15. The summed E-state index contributed by atoms with van der Waals surface area (Å²) in [6.07, 6.45) is 3.24. The molecule has 204 valence electrons. The number of aryl methyl sites for hydroxylation is 2. The van der Waals surface area contributed by atoms with Crippen LogP contribution in [0.2, 0.25) is 0 Å². The molecule has 0 fully saturated rings. The van der Waals surface area contributed by atoms with Crippen LogP contribution in [0, 0.1) is 13.8 Å². The highest BCUT2D eigenvalue weighted by atomic mass is 35.5. The van der Waals surface area contributed by atoms with Crippen molar-refractivity contribution in [1.29, 1.82) is 0 Å². The molecule has 3 heterocycles. The molecule has 0 aliphatic rings. The van der Waals surface area contributed by atoms with Crippen LogP contribution in [0.5, 0.6) is 0 Å². The van der Waals surface area contributed by atoms with Crippen molar-refractivity contribution in [3.8, 4) is 28.1 Å². The fourth-order valence-electron chi connectivity index (χ4n) is 4.21. The minimum Gasteiger partial charge on any atom is -0.366 e. The maximum absolute atomic E-state index is 14.0. The number of halogens is 4. The molecule has 0 saturated carbocycles. The first-order valence-electron chi connectivity index (χ1n) is 11.8. The van der Waals surface area contributed by atoms with E-state index in [0.29, 0.717) is 22.6 Å². The molecule has 40 heavy (non-hydrogen) atoms. The molecule has 0 unspecified atom stereocenters. The van der Waals surface area contributed by atoms with Gasteiger partial charge in [0.1, 0.15) is 0 Å². The molecule has 3 aromatic heterocycles. The number of carbonyl (C=O) groups excluding carboxylic acids is 1. The predicted molar refractivity (Wildman–Crippen MR) is 148 cm³/mol. The molecule has 3 N–H and O–H groups in total. The van der Waals surface area contributed by atoms with E-state index in [9.17, 15) is 18.0 Å². The minimum atomic E-state index is -4.65. The number of benzene rings is 2. The fraction of sp³-hybridized carbons (Fsp3) is 0.107. The molecule has 0 bridgehead atoms. The SMILES string of the molecule is Cc1cn(-c2cc(-c3c(C(N)=O)ccc(C)c3Nc3nccc(-c4cccnc4)n3)cc(C(F)(F)F)c2)cn1.Cl. The van der Waals surface area contributed by atoms with Gasteiger partial charge in [-0.05, 0) is 67.4 Å². The summed E-state index contributed by atoms with van der Waals surface area (Å²) in [5.74, 6) is -0.615. The number of rotatable bonds is 6. The van der Waals surface area contributed by atoms with E-state index in [1.807, 2.05) is 6.07 Å². The van der Waals surface area contributed by atoms with Crippen molar-refractivity contribution in [1.82, 2.24) is 24.5 Å². The van der Waals surface area contributed by atoms with E-state index < -0.39 is 17.6 Å². The molecule has 0 spiro atoms. The Hall–Kier alpha value is -4.77. The van der Waals surface area contributed by atoms with Crippen LogP contribution in [0.25, 0.3) is 28.1 Å². The summed E-state index contributed by atoms with van der Waals surface area (Å²) < 4.78 is 43.5. The van der Waals surface area contributed by atoms with Crippen LogP contribution >= 0.6 is 12.4 Å². The molecule has 2 aromatic carbocycles. The Morgan fingerprint density at radius 2 is 1.80 bits per heavy atom. The van der Waals surface area contributed by atoms with Gasteiger partial charge in [0.2, 0.25) is 11.9 Å². The Bertz CT molecular complexity index is 1690. The van der Waals surface area contributed by atoms with Crippen molar-refractivity contribution in [3.63, 3.8) is 0 Å². The number of anilines is 2. The summed E-state index contributed by atoms with van der Waals surface area (Å²) in [5, 5.41) is 3.12. The van der Waals surface area contributed by atoms with Gasteiger partial charge in [-0.1, -0.05) is 6.07 Å². The second-order valence-corrected chi connectivity index (χ2v) is 8.87. The average molecular weight is 566 g/mol. The number of hydrogen-bond acceptors (Lipinski definition) is 6. The van der Waals surface area contributed by atoms with Gasteiger partial charge in [-0.3, -0.25) is 9.78 Å². The molecule has 0 radical (unpaired) electrons. The zero-order valence-electron chi connectivity index (χ0n) is 21.3. The summed E-state index contributed by atoms with van der Waals surface area (Å²) >= 11 is 0. The van der Waals surface area contributed by atoms with E-state index >= 15 is 0 Å². The van der Waals surface area contributed by atoms with Gasteiger partial charge in [0.05, 0.1) is 29.0 Å². The third-order valence-corrected chi connectivity index (χ3v) is 6.07. The van der Waals surface area contributed by atoms with Crippen molar-refractivity contribution in [3.05, 3.63) is 102 Å². The second-order valence-electron chi connectivity index (χ2n) is 8.87. The minimum absolute atomic E-state index is 0. The quantitative estimate of drug-likeness (QED) is 0.250. The number of aromatic nitrogens is 5. The third-order valence-electron chi connectivity index (χ3n) is 6.07. The zero-order valence-corrected chi connectivity index (χ0v) is 22.1. The monoisotopic (exact) mass is 565 g/mol. The number of nitrogens with one attached hydrogen (secondary N) is 1. The maximum Gasteiger partial charge on any atom is 0.416 e. The van der Waals surface area contributed by atoms with Gasteiger partial charge in [0, 0.05) is 47.2 Å². The van der Waals surface area contributed by atoms with Gasteiger partial charge < -0.3 is 15.6 Å². The summed E-state index contributed by atoms with van der Waals surface area (Å²) in [6.45, 7) is 3.49. The topological polar surface area (TPSA) is 112 Å². The second kappa shape index (κ2) is 11.1. The number of hydrogen-bond donors (Lipinski definition) is 2. The van der Waals surface area contributed by atoms with Gasteiger partial charge in [0.25, 0.3) is 0 Å². The van der Waals surface area contributed by atoms with Gasteiger partial charge in [-0.25, -0.2) is 15.0 Å². The lowest BCUT2D eigenvalue weighted by molar-refractivity contribution is -0.137. The van der Waals surface area contributed by atoms with E-state index in [0.717, 1.165) is 17.7 Å². The van der Waals surface area contributed by atoms with Crippen LogP contribution in [0.1, 0.15) is 27.2 Å². The molecule has 1 amide bonds. The van der Waals surface area contributed by atoms with Crippen molar-refractivity contribution in [2.75, 3.05) is 5.32 Å². The molecule has 0 aliphatic carbocycles. The highest BCUT2D eigenvalue weighted by Crippen LogP contribution is 2.40. The first-order chi connectivity index (χ1) is 18.6. The number of carbonyl (C=O) groups is 1. The standard InChI is InChI=1S/C28H22F3N7O.ClH/c1-16-5-6-22(26(32)39)24(25(16)37-27-34-9-7-23(36-27)18-4-3-8-33-13-18)19-10-20(28(29,30)31)12-21(11-19)38-14-17(2)35-15-38;/h3-15H,1-2H3,(H2,32,39)(H,34,36,37);1H.